The second-order valence-electron chi connectivity index (χ2n) is 9.57. The van der Waals surface area contributed by atoms with E-state index in [9.17, 15) is 14.7 Å². The van der Waals surface area contributed by atoms with E-state index >= 15 is 0 Å². The fraction of sp³-hybridized carbons (Fsp3) is 0.818. The molecular formula is C22H32O4. The largest absolute Gasteiger partial charge is 0.462 e. The van der Waals surface area contributed by atoms with Crippen LogP contribution in [0.4, 0.5) is 0 Å². The van der Waals surface area contributed by atoms with Crippen molar-refractivity contribution in [3.05, 3.63) is 11.6 Å². The van der Waals surface area contributed by atoms with E-state index in [0.717, 1.165) is 38.5 Å². The first-order valence-corrected chi connectivity index (χ1v) is 10.3. The molecule has 144 valence electrons. The van der Waals surface area contributed by atoms with Gasteiger partial charge in [-0.15, -0.1) is 0 Å². The number of carbonyl (C=O) groups is 2. The van der Waals surface area contributed by atoms with Crippen molar-refractivity contribution in [2.75, 3.05) is 6.61 Å². The van der Waals surface area contributed by atoms with E-state index < -0.39 is 0 Å². The maximum Gasteiger partial charge on any atom is 0.302 e. The van der Waals surface area contributed by atoms with Crippen molar-refractivity contribution in [1.29, 1.82) is 0 Å². The van der Waals surface area contributed by atoms with Crippen molar-refractivity contribution in [3.63, 3.8) is 0 Å². The van der Waals surface area contributed by atoms with E-state index in [1.807, 2.05) is 6.08 Å². The summed E-state index contributed by atoms with van der Waals surface area (Å²) in [6, 6.07) is 0. The third kappa shape index (κ3) is 2.37. The van der Waals surface area contributed by atoms with E-state index in [0.29, 0.717) is 24.2 Å². The molecule has 0 amide bonds. The molecule has 4 aliphatic carbocycles. The molecule has 0 aromatic rings. The molecule has 0 radical (unpaired) electrons. The van der Waals surface area contributed by atoms with Gasteiger partial charge in [0.2, 0.25) is 0 Å². The van der Waals surface area contributed by atoms with Crippen LogP contribution in [0.15, 0.2) is 11.6 Å². The van der Waals surface area contributed by atoms with Gasteiger partial charge in [-0.1, -0.05) is 19.4 Å². The Morgan fingerprint density at radius 3 is 2.73 bits per heavy atom. The van der Waals surface area contributed by atoms with Gasteiger partial charge in [0.15, 0.2) is 5.78 Å². The molecule has 0 unspecified atom stereocenters. The molecule has 0 bridgehead atoms. The first kappa shape index (κ1) is 18.2. The first-order chi connectivity index (χ1) is 12.3. The molecule has 7 atom stereocenters. The van der Waals surface area contributed by atoms with E-state index in [4.69, 9.17) is 4.74 Å². The predicted octanol–water partition coefficient (Wildman–Crippen LogP) is 3.67. The van der Waals surface area contributed by atoms with Crippen LogP contribution in [0.25, 0.3) is 0 Å². The first-order valence-electron chi connectivity index (χ1n) is 10.3. The molecule has 4 heteroatoms. The molecule has 0 aliphatic heterocycles. The van der Waals surface area contributed by atoms with Gasteiger partial charge in [0.1, 0.15) is 6.10 Å². The third-order valence-electron chi connectivity index (χ3n) is 8.65. The van der Waals surface area contributed by atoms with Gasteiger partial charge in [0.25, 0.3) is 0 Å². The molecule has 0 spiro atoms. The molecule has 3 fully saturated rings. The van der Waals surface area contributed by atoms with E-state index in [1.54, 1.807) is 0 Å². The fourth-order valence-corrected chi connectivity index (χ4v) is 7.47. The van der Waals surface area contributed by atoms with E-state index in [2.05, 4.69) is 13.8 Å². The van der Waals surface area contributed by atoms with Crippen molar-refractivity contribution in [1.82, 2.24) is 0 Å². The summed E-state index contributed by atoms with van der Waals surface area (Å²) in [5, 5.41) is 10.5. The summed E-state index contributed by atoms with van der Waals surface area (Å²) >= 11 is 0. The van der Waals surface area contributed by atoms with Crippen molar-refractivity contribution in [3.8, 4) is 0 Å². The Hall–Kier alpha value is -1.16. The summed E-state index contributed by atoms with van der Waals surface area (Å²) < 4.78 is 5.71. The lowest BCUT2D eigenvalue weighted by Gasteiger charge is -2.60. The van der Waals surface area contributed by atoms with Gasteiger partial charge in [-0.05, 0) is 68.3 Å². The zero-order chi connectivity index (χ0) is 18.7. The van der Waals surface area contributed by atoms with Crippen LogP contribution in [0.3, 0.4) is 0 Å². The minimum atomic E-state index is -0.211. The lowest BCUT2D eigenvalue weighted by Crippen LogP contribution is -2.56. The minimum absolute atomic E-state index is 0.0401. The summed E-state index contributed by atoms with van der Waals surface area (Å²) in [6.07, 6.45) is 8.68. The van der Waals surface area contributed by atoms with Crippen molar-refractivity contribution >= 4 is 11.8 Å². The summed E-state index contributed by atoms with van der Waals surface area (Å²) in [5.41, 5.74) is 1.07. The Balaban J connectivity index is 1.68. The van der Waals surface area contributed by atoms with Crippen LogP contribution in [0.1, 0.15) is 65.7 Å². The number of hydrogen-bond acceptors (Lipinski definition) is 4. The molecule has 26 heavy (non-hydrogen) atoms. The Kier molecular flexibility index (Phi) is 4.33. The Bertz CT molecular complexity index is 653. The highest BCUT2D eigenvalue weighted by atomic mass is 16.5. The van der Waals surface area contributed by atoms with Crippen LogP contribution in [-0.2, 0) is 14.3 Å². The fourth-order valence-electron chi connectivity index (χ4n) is 7.47. The molecular weight excluding hydrogens is 328 g/mol. The minimum Gasteiger partial charge on any atom is -0.462 e. The van der Waals surface area contributed by atoms with E-state index in [1.165, 1.54) is 12.5 Å². The van der Waals surface area contributed by atoms with Gasteiger partial charge in [-0.3, -0.25) is 9.59 Å². The average molecular weight is 360 g/mol. The summed E-state index contributed by atoms with van der Waals surface area (Å²) in [7, 11) is 0. The Morgan fingerprint density at radius 2 is 2.04 bits per heavy atom. The third-order valence-corrected chi connectivity index (χ3v) is 8.65. The predicted molar refractivity (Wildman–Crippen MR) is 98.2 cm³/mol. The lowest BCUT2D eigenvalue weighted by atomic mass is 9.45. The maximum absolute atomic E-state index is 12.1. The topological polar surface area (TPSA) is 63.6 Å². The van der Waals surface area contributed by atoms with Crippen LogP contribution < -0.4 is 0 Å². The zero-order valence-corrected chi connectivity index (χ0v) is 16.3. The van der Waals surface area contributed by atoms with Crippen LogP contribution in [0.5, 0.6) is 0 Å². The molecule has 4 rings (SSSR count). The summed E-state index contributed by atoms with van der Waals surface area (Å²) in [6.45, 7) is 6.15. The van der Waals surface area contributed by atoms with Gasteiger partial charge in [0.05, 0.1) is 6.61 Å². The number of rotatable bonds is 2. The molecule has 0 saturated heterocycles. The average Bonchev–Trinajstić information content (AvgIpc) is 2.90. The van der Waals surface area contributed by atoms with Gasteiger partial charge in [-0.25, -0.2) is 0 Å². The van der Waals surface area contributed by atoms with Gasteiger partial charge >= 0.3 is 5.97 Å². The smallest absolute Gasteiger partial charge is 0.302 e. The number of esters is 1. The van der Waals surface area contributed by atoms with Crippen LogP contribution in [0.2, 0.25) is 0 Å². The second-order valence-corrected chi connectivity index (χ2v) is 9.57. The van der Waals surface area contributed by atoms with Crippen LogP contribution >= 0.6 is 0 Å². The van der Waals surface area contributed by atoms with Crippen LogP contribution in [0, 0.1) is 34.5 Å². The van der Waals surface area contributed by atoms with Crippen molar-refractivity contribution in [2.24, 2.45) is 34.5 Å². The SMILES string of the molecule is CC(=O)O[C@H]1CC[C@H]2[C@@H]3CCC4=CC(=O)C[C@H](C)[C@]4(CO)[C@H]3CC[C@]12C. The number of ether oxygens (including phenoxy) is 1. The molecule has 4 nitrogen and oxygen atoms in total. The highest BCUT2D eigenvalue weighted by molar-refractivity contribution is 5.92. The number of hydrogen-bond donors (Lipinski definition) is 1. The number of aliphatic hydroxyl groups is 1. The normalized spacial score (nSPS) is 47.5. The van der Waals surface area contributed by atoms with Gasteiger partial charge in [-0.2, -0.15) is 0 Å². The van der Waals surface area contributed by atoms with Crippen molar-refractivity contribution < 1.29 is 19.4 Å². The maximum atomic E-state index is 12.1. The number of ketones is 1. The van der Waals surface area contributed by atoms with E-state index in [-0.39, 0.29) is 41.2 Å². The number of carbonyl (C=O) groups excluding carboxylic acids is 2. The molecule has 1 N–H and O–H groups in total. The highest BCUT2D eigenvalue weighted by Gasteiger charge is 2.62. The Labute approximate surface area is 156 Å². The number of aliphatic hydroxyl groups excluding tert-OH is 1. The molecule has 0 heterocycles. The quantitative estimate of drug-likeness (QED) is 0.763. The Morgan fingerprint density at radius 1 is 1.27 bits per heavy atom. The van der Waals surface area contributed by atoms with Gasteiger partial charge < -0.3 is 9.84 Å². The molecule has 0 aromatic heterocycles. The number of fused-ring (bicyclic) bond motifs is 5. The van der Waals surface area contributed by atoms with Gasteiger partial charge in [0, 0.05) is 24.2 Å². The summed E-state index contributed by atoms with van der Waals surface area (Å²) in [4.78, 5) is 23.7. The summed E-state index contributed by atoms with van der Waals surface area (Å²) in [5.74, 6) is 1.84. The molecule has 0 aromatic carbocycles. The monoisotopic (exact) mass is 360 g/mol. The van der Waals surface area contributed by atoms with Crippen LogP contribution in [-0.4, -0.2) is 29.6 Å². The van der Waals surface area contributed by atoms with Crippen molar-refractivity contribution in [2.45, 2.75) is 71.8 Å². The highest BCUT2D eigenvalue weighted by Crippen LogP contribution is 2.66. The molecule has 4 aliphatic rings. The second kappa shape index (κ2) is 6.19. The lowest BCUT2D eigenvalue weighted by molar-refractivity contribution is -0.159. The standard InChI is InChI=1S/C22H32O4/c1-13-10-16(25)11-15-4-5-17-18-6-7-20(26-14(2)24)21(18,3)9-8-19(17)22(13,15)12-23/h11,13,17-20,23H,4-10,12H2,1-3H3/t13-,17-,18-,19-,20-,21-,22-/m0/s1. The molecule has 3 saturated carbocycles. The zero-order valence-electron chi connectivity index (χ0n) is 16.3.